The number of carbonyl (C=O) groups excluding carboxylic acids is 1. The number of aromatic nitrogens is 1. The molecule has 1 saturated heterocycles. The van der Waals surface area contributed by atoms with Gasteiger partial charge in [0.25, 0.3) is 0 Å². The number of carbonyl (C=O) groups is 1. The molecule has 33 heavy (non-hydrogen) atoms. The van der Waals surface area contributed by atoms with Gasteiger partial charge in [0.1, 0.15) is 0 Å². The van der Waals surface area contributed by atoms with Crippen LogP contribution in [-0.4, -0.2) is 62.8 Å². The lowest BCUT2D eigenvalue weighted by Crippen LogP contribution is -2.40. The van der Waals surface area contributed by atoms with Crippen LogP contribution < -0.4 is 15.4 Å². The molecule has 180 valence electrons. The van der Waals surface area contributed by atoms with Crippen molar-refractivity contribution in [2.45, 2.75) is 24.2 Å². The highest BCUT2D eigenvalue weighted by molar-refractivity contribution is 7.89. The topological polar surface area (TPSA) is 110 Å². The van der Waals surface area contributed by atoms with E-state index >= 15 is 0 Å². The largest absolute Gasteiger partial charge is 0.468 e. The van der Waals surface area contributed by atoms with Crippen LogP contribution in [0, 0.1) is 0 Å². The Labute approximate surface area is 188 Å². The molecule has 9 nitrogen and oxygen atoms in total. The minimum atomic E-state index is -4.47. The van der Waals surface area contributed by atoms with Crippen molar-refractivity contribution in [1.29, 1.82) is 0 Å². The number of sulfonamides is 1. The second kappa shape index (κ2) is 10.8. The Balaban J connectivity index is 1.46. The Kier molecular flexibility index (Phi) is 8.10. The molecular weight excluding hydrogens is 465 g/mol. The first-order valence-corrected chi connectivity index (χ1v) is 11.4. The summed E-state index contributed by atoms with van der Waals surface area (Å²) in [5.41, 5.74) is 1.20. The normalized spacial score (nSPS) is 15.1. The monoisotopic (exact) mass is 488 g/mol. The summed E-state index contributed by atoms with van der Waals surface area (Å²) in [5.74, 6) is -0.195. The lowest BCUT2D eigenvalue weighted by molar-refractivity contribution is -0.154. The number of amides is 2. The van der Waals surface area contributed by atoms with Gasteiger partial charge in [0.05, 0.1) is 18.1 Å². The van der Waals surface area contributed by atoms with Gasteiger partial charge < -0.3 is 20.1 Å². The zero-order valence-corrected chi connectivity index (χ0v) is 18.3. The number of ether oxygens (including phenoxy) is 2. The quantitative estimate of drug-likeness (QED) is 0.589. The van der Waals surface area contributed by atoms with Crippen molar-refractivity contribution in [3.63, 3.8) is 0 Å². The fourth-order valence-corrected chi connectivity index (χ4v) is 4.35. The molecule has 1 aliphatic rings. The number of hydrogen-bond acceptors (Lipinski definition) is 6. The van der Waals surface area contributed by atoms with Gasteiger partial charge in [-0.1, -0.05) is 12.1 Å². The second-order valence-corrected chi connectivity index (χ2v) is 9.04. The highest BCUT2D eigenvalue weighted by Gasteiger charge is 2.28. The molecule has 0 aliphatic carbocycles. The predicted molar refractivity (Wildman–Crippen MR) is 111 cm³/mol. The fourth-order valence-electron chi connectivity index (χ4n) is 2.94. The molecule has 1 aromatic heterocycles. The zero-order chi connectivity index (χ0) is 23.9. The highest BCUT2D eigenvalue weighted by Crippen LogP contribution is 2.18. The third-order valence-corrected chi connectivity index (χ3v) is 6.53. The number of rotatable bonds is 8. The summed E-state index contributed by atoms with van der Waals surface area (Å²) < 4.78 is 73.1. The second-order valence-electron chi connectivity index (χ2n) is 7.10. The van der Waals surface area contributed by atoms with Crippen LogP contribution in [0.15, 0.2) is 47.5 Å². The van der Waals surface area contributed by atoms with E-state index in [0.717, 1.165) is 0 Å². The molecule has 2 N–H and O–H groups in total. The van der Waals surface area contributed by atoms with Crippen molar-refractivity contribution in [3.8, 4) is 5.88 Å². The molecule has 0 bridgehead atoms. The Morgan fingerprint density at radius 1 is 1.06 bits per heavy atom. The van der Waals surface area contributed by atoms with Gasteiger partial charge in [0, 0.05) is 38.4 Å². The molecule has 0 unspecified atom stereocenters. The lowest BCUT2D eigenvalue weighted by Gasteiger charge is -2.26. The maximum atomic E-state index is 12.6. The summed E-state index contributed by atoms with van der Waals surface area (Å²) in [5, 5.41) is 5.21. The number of alkyl halides is 3. The van der Waals surface area contributed by atoms with Crippen LogP contribution in [0.2, 0.25) is 0 Å². The third-order valence-electron chi connectivity index (χ3n) is 4.62. The average molecular weight is 488 g/mol. The van der Waals surface area contributed by atoms with E-state index in [1.54, 1.807) is 12.1 Å². The summed E-state index contributed by atoms with van der Waals surface area (Å²) in [6, 6.07) is 8.53. The van der Waals surface area contributed by atoms with E-state index in [9.17, 15) is 26.4 Å². The first-order valence-electron chi connectivity index (χ1n) is 9.96. The first-order chi connectivity index (χ1) is 15.6. The maximum Gasteiger partial charge on any atom is 0.422 e. The third kappa shape index (κ3) is 7.58. The van der Waals surface area contributed by atoms with Crippen molar-refractivity contribution in [3.05, 3.63) is 53.7 Å². The Bertz CT molecular complexity index is 1040. The molecule has 0 radical (unpaired) electrons. The zero-order valence-electron chi connectivity index (χ0n) is 17.5. The number of nitrogens with one attached hydrogen (secondary N) is 2. The van der Waals surface area contributed by atoms with Crippen LogP contribution in [0.1, 0.15) is 11.1 Å². The summed E-state index contributed by atoms with van der Waals surface area (Å²) >= 11 is 0. The number of morpholine rings is 1. The number of pyridine rings is 1. The average Bonchev–Trinajstić information content (AvgIpc) is 2.81. The number of urea groups is 1. The number of nitrogens with zero attached hydrogens (tertiary/aromatic N) is 2. The van der Waals surface area contributed by atoms with Crippen LogP contribution in [0.25, 0.3) is 0 Å². The first kappa shape index (κ1) is 24.7. The minimum absolute atomic E-state index is 0.0491. The highest BCUT2D eigenvalue weighted by atomic mass is 32.2. The van der Waals surface area contributed by atoms with E-state index in [2.05, 4.69) is 20.4 Å². The van der Waals surface area contributed by atoms with Crippen molar-refractivity contribution in [2.24, 2.45) is 0 Å². The summed E-state index contributed by atoms with van der Waals surface area (Å²) in [4.78, 5) is 15.9. The van der Waals surface area contributed by atoms with Gasteiger partial charge in [0.2, 0.25) is 15.9 Å². The summed E-state index contributed by atoms with van der Waals surface area (Å²) in [6.07, 6.45) is -3.19. The van der Waals surface area contributed by atoms with Crippen LogP contribution in [-0.2, 0) is 27.8 Å². The minimum Gasteiger partial charge on any atom is -0.468 e. The molecule has 0 spiro atoms. The van der Waals surface area contributed by atoms with E-state index in [1.165, 1.54) is 34.8 Å². The molecule has 1 fully saturated rings. The van der Waals surface area contributed by atoms with Crippen molar-refractivity contribution < 1.29 is 35.9 Å². The van der Waals surface area contributed by atoms with E-state index in [4.69, 9.17) is 4.74 Å². The molecule has 1 aromatic carbocycles. The van der Waals surface area contributed by atoms with Gasteiger partial charge >= 0.3 is 12.2 Å². The molecule has 13 heteroatoms. The lowest BCUT2D eigenvalue weighted by atomic mass is 10.2. The van der Waals surface area contributed by atoms with Crippen molar-refractivity contribution in [1.82, 2.24) is 19.9 Å². The Morgan fingerprint density at radius 2 is 1.70 bits per heavy atom. The van der Waals surface area contributed by atoms with Crippen LogP contribution in [0.4, 0.5) is 18.0 Å². The van der Waals surface area contributed by atoms with Crippen molar-refractivity contribution >= 4 is 16.1 Å². The van der Waals surface area contributed by atoms with Gasteiger partial charge in [-0.25, -0.2) is 18.2 Å². The molecule has 2 aromatic rings. The van der Waals surface area contributed by atoms with Crippen LogP contribution in [0.5, 0.6) is 5.88 Å². The molecule has 2 amide bonds. The standard InChI is InChI=1S/C20H23F3N4O5S/c21-20(22,23)14-32-18-11-16(5-6-24-18)13-26-19(28)25-12-15-1-3-17(4-2-15)33(29,30)27-7-9-31-10-8-27/h1-6,11H,7-10,12-14H2,(H2,25,26,28). The van der Waals surface area contributed by atoms with Gasteiger partial charge in [-0.15, -0.1) is 0 Å². The van der Waals surface area contributed by atoms with Gasteiger partial charge in [-0.05, 0) is 29.3 Å². The number of halogens is 3. The smallest absolute Gasteiger partial charge is 0.422 e. The molecule has 1 aliphatic heterocycles. The molecular formula is C20H23F3N4O5S. The van der Waals surface area contributed by atoms with Crippen molar-refractivity contribution in [2.75, 3.05) is 32.9 Å². The van der Waals surface area contributed by atoms with Gasteiger partial charge in [0.15, 0.2) is 6.61 Å². The van der Waals surface area contributed by atoms with Crippen LogP contribution in [0.3, 0.4) is 0 Å². The van der Waals surface area contributed by atoms with E-state index < -0.39 is 28.8 Å². The van der Waals surface area contributed by atoms with E-state index in [1.807, 2.05) is 0 Å². The molecule has 2 heterocycles. The summed E-state index contributed by atoms with van der Waals surface area (Å²) in [7, 11) is -3.59. The maximum absolute atomic E-state index is 12.6. The number of hydrogen-bond donors (Lipinski definition) is 2. The number of benzene rings is 1. The SMILES string of the molecule is O=C(NCc1ccc(S(=O)(=O)N2CCOCC2)cc1)NCc1ccnc(OCC(F)(F)F)c1. The molecule has 3 rings (SSSR count). The Morgan fingerprint density at radius 3 is 2.33 bits per heavy atom. The predicted octanol–water partition coefficient (Wildman–Crippen LogP) is 2.04. The van der Waals surface area contributed by atoms with Gasteiger partial charge in [-0.3, -0.25) is 0 Å². The molecule has 0 saturated carbocycles. The molecule has 0 atom stereocenters. The van der Waals surface area contributed by atoms with E-state index in [0.29, 0.717) is 37.4 Å². The van der Waals surface area contributed by atoms with Crippen LogP contribution >= 0.6 is 0 Å². The Hall–Kier alpha value is -2.90. The summed E-state index contributed by atoms with van der Waals surface area (Å²) in [6.45, 7) is 0.0747. The fraction of sp³-hybridized carbons (Fsp3) is 0.400. The van der Waals surface area contributed by atoms with Gasteiger partial charge in [-0.2, -0.15) is 17.5 Å². The van der Waals surface area contributed by atoms with E-state index in [-0.39, 0.29) is 23.9 Å².